The van der Waals surface area contributed by atoms with Gasteiger partial charge in [-0.3, -0.25) is 0 Å². The minimum absolute atomic E-state index is 0.588. The van der Waals surface area contributed by atoms with Crippen LogP contribution in [-0.2, 0) is 6.54 Å². The van der Waals surface area contributed by atoms with Crippen molar-refractivity contribution in [2.45, 2.75) is 6.54 Å². The molecule has 2 rings (SSSR count). The number of nitrogens with zero attached hydrogens (tertiary/aromatic N) is 1. The largest absolute Gasteiger partial charge is 0.493 e. The Bertz CT molecular complexity index is 659. The van der Waals surface area contributed by atoms with Gasteiger partial charge >= 0.3 is 0 Å². The van der Waals surface area contributed by atoms with Gasteiger partial charge < -0.3 is 19.9 Å². The van der Waals surface area contributed by atoms with Crippen molar-refractivity contribution in [1.82, 2.24) is 0 Å². The van der Waals surface area contributed by atoms with Gasteiger partial charge in [0.15, 0.2) is 24.2 Å². The summed E-state index contributed by atoms with van der Waals surface area (Å²) in [5, 5.41) is 0. The van der Waals surface area contributed by atoms with E-state index in [9.17, 15) is 0 Å². The number of nitrogens with two attached hydrogens (primary N) is 1. The molecular formula is C18H23N2O3+. The van der Waals surface area contributed by atoms with Gasteiger partial charge in [-0.25, -0.2) is 0 Å². The van der Waals surface area contributed by atoms with Crippen LogP contribution in [0.5, 0.6) is 17.2 Å². The molecule has 0 saturated carbocycles. The van der Waals surface area contributed by atoms with Crippen molar-refractivity contribution in [3.63, 3.8) is 0 Å². The summed E-state index contributed by atoms with van der Waals surface area (Å²) in [5.41, 5.74) is 7.69. The Morgan fingerprint density at radius 1 is 1.00 bits per heavy atom. The third-order valence-electron chi connectivity index (χ3n) is 3.48. The highest BCUT2D eigenvalue weighted by molar-refractivity contribution is 5.70. The maximum absolute atomic E-state index is 5.65. The normalized spacial score (nSPS) is 10.8. The SMILES string of the molecule is COc1cc(/C=C/c2cccc[n+]2CCN)cc(OC)c1OC. The van der Waals surface area contributed by atoms with E-state index in [1.807, 2.05) is 48.7 Å². The van der Waals surface area contributed by atoms with Crippen molar-refractivity contribution in [2.24, 2.45) is 5.73 Å². The molecule has 122 valence electrons. The number of pyridine rings is 1. The summed E-state index contributed by atoms with van der Waals surface area (Å²) in [6.45, 7) is 1.37. The summed E-state index contributed by atoms with van der Waals surface area (Å²) in [6, 6.07) is 9.86. The number of methoxy groups -OCH3 is 3. The second-order valence-electron chi connectivity index (χ2n) is 4.90. The minimum Gasteiger partial charge on any atom is -0.493 e. The molecule has 1 aromatic carbocycles. The predicted octanol–water partition coefficient (Wildman–Crippen LogP) is 2.13. The Hall–Kier alpha value is -2.53. The molecule has 5 heteroatoms. The fraction of sp³-hybridized carbons (Fsp3) is 0.278. The topological polar surface area (TPSA) is 57.6 Å². The van der Waals surface area contributed by atoms with Gasteiger partial charge in [0.2, 0.25) is 11.4 Å². The first kappa shape index (κ1) is 16.8. The molecule has 0 radical (unpaired) electrons. The van der Waals surface area contributed by atoms with Crippen LogP contribution in [0.1, 0.15) is 11.3 Å². The predicted molar refractivity (Wildman–Crippen MR) is 90.7 cm³/mol. The summed E-state index contributed by atoms with van der Waals surface area (Å²) in [7, 11) is 4.81. The van der Waals surface area contributed by atoms with E-state index in [4.69, 9.17) is 19.9 Å². The quantitative estimate of drug-likeness (QED) is 0.795. The molecule has 0 saturated heterocycles. The van der Waals surface area contributed by atoms with Gasteiger partial charge in [-0.1, -0.05) is 0 Å². The van der Waals surface area contributed by atoms with Crippen molar-refractivity contribution in [2.75, 3.05) is 27.9 Å². The molecular weight excluding hydrogens is 292 g/mol. The van der Waals surface area contributed by atoms with Crippen LogP contribution in [0.3, 0.4) is 0 Å². The lowest BCUT2D eigenvalue weighted by atomic mass is 10.1. The van der Waals surface area contributed by atoms with Crippen molar-refractivity contribution in [3.05, 3.63) is 47.8 Å². The standard InChI is InChI=1S/C18H23N2O3/c1-21-16-12-14(13-17(22-2)18(16)23-3)7-8-15-6-4-5-10-20(15)11-9-19/h4-8,10,12-13H,9,11,19H2,1-3H3/q+1/b8-7+. The second-order valence-corrected chi connectivity index (χ2v) is 4.90. The van der Waals surface area contributed by atoms with Gasteiger partial charge in [0.05, 0.1) is 27.9 Å². The molecule has 1 heterocycles. The number of benzene rings is 1. The van der Waals surface area contributed by atoms with E-state index in [1.54, 1.807) is 21.3 Å². The molecule has 2 aromatic rings. The van der Waals surface area contributed by atoms with Crippen LogP contribution < -0.4 is 24.5 Å². The van der Waals surface area contributed by atoms with Crippen molar-refractivity contribution in [1.29, 1.82) is 0 Å². The molecule has 0 aliphatic rings. The molecule has 0 atom stereocenters. The molecule has 1 aromatic heterocycles. The third-order valence-corrected chi connectivity index (χ3v) is 3.48. The van der Waals surface area contributed by atoms with E-state index in [-0.39, 0.29) is 0 Å². The van der Waals surface area contributed by atoms with Gasteiger partial charge in [-0.2, -0.15) is 4.57 Å². The van der Waals surface area contributed by atoms with Gasteiger partial charge in [0.25, 0.3) is 0 Å². The first-order valence-electron chi connectivity index (χ1n) is 7.40. The maximum atomic E-state index is 5.65. The Balaban J connectivity index is 2.36. The summed E-state index contributed by atoms with van der Waals surface area (Å²) >= 11 is 0. The second kappa shape index (κ2) is 8.19. The molecule has 0 fully saturated rings. The summed E-state index contributed by atoms with van der Waals surface area (Å²) in [5.74, 6) is 1.86. The van der Waals surface area contributed by atoms with Gasteiger partial charge in [-0.15, -0.1) is 0 Å². The fourth-order valence-electron chi connectivity index (χ4n) is 2.36. The third kappa shape index (κ3) is 4.02. The first-order valence-corrected chi connectivity index (χ1v) is 7.40. The lowest BCUT2D eigenvalue weighted by Crippen LogP contribution is -2.39. The molecule has 5 nitrogen and oxygen atoms in total. The van der Waals surface area contributed by atoms with Gasteiger partial charge in [0.1, 0.15) is 0 Å². The van der Waals surface area contributed by atoms with Crippen LogP contribution in [0.2, 0.25) is 0 Å². The van der Waals surface area contributed by atoms with Crippen LogP contribution in [-0.4, -0.2) is 27.9 Å². The van der Waals surface area contributed by atoms with Crippen LogP contribution in [0.15, 0.2) is 36.5 Å². The van der Waals surface area contributed by atoms with E-state index in [0.717, 1.165) is 17.8 Å². The zero-order chi connectivity index (χ0) is 16.7. The summed E-state index contributed by atoms with van der Waals surface area (Å²) in [4.78, 5) is 0. The number of ether oxygens (including phenoxy) is 3. The highest BCUT2D eigenvalue weighted by atomic mass is 16.5. The molecule has 23 heavy (non-hydrogen) atoms. The fourth-order valence-corrected chi connectivity index (χ4v) is 2.36. The maximum Gasteiger partial charge on any atom is 0.205 e. The Kier molecular flexibility index (Phi) is 6.00. The number of rotatable bonds is 7. The van der Waals surface area contributed by atoms with E-state index in [1.165, 1.54) is 0 Å². The average Bonchev–Trinajstić information content (AvgIpc) is 2.60. The highest BCUT2D eigenvalue weighted by Crippen LogP contribution is 2.38. The number of hydrogen-bond acceptors (Lipinski definition) is 4. The number of hydrogen-bond donors (Lipinski definition) is 1. The average molecular weight is 315 g/mol. The van der Waals surface area contributed by atoms with Gasteiger partial charge in [-0.05, 0) is 29.8 Å². The van der Waals surface area contributed by atoms with Crippen molar-refractivity contribution >= 4 is 12.2 Å². The van der Waals surface area contributed by atoms with Crippen LogP contribution in [0, 0.1) is 0 Å². The van der Waals surface area contributed by atoms with Crippen molar-refractivity contribution < 1.29 is 18.8 Å². The Morgan fingerprint density at radius 3 is 2.26 bits per heavy atom. The van der Waals surface area contributed by atoms with E-state index in [2.05, 4.69) is 4.57 Å². The van der Waals surface area contributed by atoms with Crippen molar-refractivity contribution in [3.8, 4) is 17.2 Å². The van der Waals surface area contributed by atoms with E-state index >= 15 is 0 Å². The van der Waals surface area contributed by atoms with E-state index in [0.29, 0.717) is 23.8 Å². The molecule has 0 unspecified atom stereocenters. The smallest absolute Gasteiger partial charge is 0.205 e. The van der Waals surface area contributed by atoms with Crippen LogP contribution in [0.4, 0.5) is 0 Å². The van der Waals surface area contributed by atoms with Gasteiger partial charge in [0, 0.05) is 18.2 Å². The molecule has 0 spiro atoms. The zero-order valence-electron chi connectivity index (χ0n) is 13.8. The summed E-state index contributed by atoms with van der Waals surface area (Å²) < 4.78 is 18.2. The molecule has 0 aliphatic carbocycles. The lowest BCUT2D eigenvalue weighted by Gasteiger charge is -2.12. The minimum atomic E-state index is 0.588. The van der Waals surface area contributed by atoms with Crippen LogP contribution >= 0.6 is 0 Å². The first-order chi connectivity index (χ1) is 11.2. The Labute approximate surface area is 136 Å². The highest BCUT2D eigenvalue weighted by Gasteiger charge is 2.12. The molecule has 0 aliphatic heterocycles. The number of aromatic nitrogens is 1. The van der Waals surface area contributed by atoms with E-state index < -0.39 is 0 Å². The molecule has 0 amide bonds. The summed E-state index contributed by atoms with van der Waals surface area (Å²) in [6.07, 6.45) is 6.06. The monoisotopic (exact) mass is 315 g/mol. The lowest BCUT2D eigenvalue weighted by molar-refractivity contribution is -0.696. The zero-order valence-corrected chi connectivity index (χ0v) is 13.8. The van der Waals surface area contributed by atoms with Crippen LogP contribution in [0.25, 0.3) is 12.2 Å². The molecule has 0 bridgehead atoms. The molecule has 2 N–H and O–H groups in total. The Morgan fingerprint density at radius 2 is 1.70 bits per heavy atom.